The lowest BCUT2D eigenvalue weighted by Crippen LogP contribution is -2.41. The summed E-state index contributed by atoms with van der Waals surface area (Å²) < 4.78 is 33.4. The second kappa shape index (κ2) is 12.0. The Bertz CT molecular complexity index is 1580. The number of carbonyl (C=O) groups excluding carboxylic acids is 2. The van der Waals surface area contributed by atoms with Crippen LogP contribution >= 0.6 is 0 Å². The van der Waals surface area contributed by atoms with Crippen molar-refractivity contribution in [1.82, 2.24) is 0 Å². The maximum Gasteiger partial charge on any atom is 0.334 e. The highest BCUT2D eigenvalue weighted by Crippen LogP contribution is 2.55. The number of Topliss-reactive ketones (excluding diaryl/α,β-unsaturated/α-hetero) is 1. The molecule has 2 atom stereocenters. The molecular formula is C34H38O9. The van der Waals surface area contributed by atoms with Gasteiger partial charge in [-0.1, -0.05) is 51.1 Å². The van der Waals surface area contributed by atoms with Crippen LogP contribution in [0.4, 0.5) is 0 Å². The first-order valence-corrected chi connectivity index (χ1v) is 13.6. The highest BCUT2D eigenvalue weighted by Gasteiger charge is 2.49. The predicted molar refractivity (Wildman–Crippen MR) is 161 cm³/mol. The smallest absolute Gasteiger partial charge is 0.334 e. The molecule has 1 aliphatic rings. The zero-order chi connectivity index (χ0) is 31.7. The molecule has 0 saturated heterocycles. The molecule has 1 aliphatic carbocycles. The van der Waals surface area contributed by atoms with E-state index >= 15 is 0 Å². The summed E-state index contributed by atoms with van der Waals surface area (Å²) in [6.45, 7) is 5.95. The molecule has 3 aromatic carbocycles. The minimum Gasteiger partial charge on any atom is -0.493 e. The monoisotopic (exact) mass is 590 g/mol. The van der Waals surface area contributed by atoms with Crippen LogP contribution in [0.15, 0.2) is 60.2 Å². The predicted octanol–water partition coefficient (Wildman–Crippen LogP) is 5.34. The Labute approximate surface area is 251 Å². The number of carbonyl (C=O) groups is 2. The first-order chi connectivity index (χ1) is 20.4. The summed E-state index contributed by atoms with van der Waals surface area (Å²) in [5.41, 5.74) is -0.586. The SMILES string of the molecule is COC(=O)C1=CC(O)(C(=O)c2ccccc2C(C)(C)C)c2cc(OC)c(OC)c(OC)c2C1c1ccc(OC)c(OC)c1. The van der Waals surface area contributed by atoms with Gasteiger partial charge in [0, 0.05) is 28.2 Å². The highest BCUT2D eigenvalue weighted by molar-refractivity contribution is 6.08. The van der Waals surface area contributed by atoms with Gasteiger partial charge in [-0.3, -0.25) is 4.79 Å². The molecule has 228 valence electrons. The van der Waals surface area contributed by atoms with Crippen LogP contribution < -0.4 is 23.7 Å². The van der Waals surface area contributed by atoms with Crippen LogP contribution in [0.5, 0.6) is 28.7 Å². The van der Waals surface area contributed by atoms with E-state index in [0.717, 1.165) is 5.56 Å². The Morgan fingerprint density at radius 2 is 1.40 bits per heavy atom. The largest absolute Gasteiger partial charge is 0.493 e. The molecule has 0 spiro atoms. The maximum absolute atomic E-state index is 14.6. The van der Waals surface area contributed by atoms with Gasteiger partial charge >= 0.3 is 5.97 Å². The molecule has 9 nitrogen and oxygen atoms in total. The van der Waals surface area contributed by atoms with Crippen molar-refractivity contribution in [2.24, 2.45) is 0 Å². The fourth-order valence-corrected chi connectivity index (χ4v) is 5.72. The van der Waals surface area contributed by atoms with Crippen LogP contribution in [0.1, 0.15) is 59.3 Å². The molecule has 0 aliphatic heterocycles. The first kappa shape index (κ1) is 31.4. The number of hydrogen-bond acceptors (Lipinski definition) is 9. The maximum atomic E-state index is 14.6. The zero-order valence-corrected chi connectivity index (χ0v) is 26.0. The third kappa shape index (κ3) is 5.29. The minimum atomic E-state index is -2.32. The van der Waals surface area contributed by atoms with E-state index in [1.807, 2.05) is 32.9 Å². The van der Waals surface area contributed by atoms with Gasteiger partial charge in [-0.15, -0.1) is 0 Å². The topological polar surface area (TPSA) is 110 Å². The average molecular weight is 591 g/mol. The van der Waals surface area contributed by atoms with Gasteiger partial charge in [0.15, 0.2) is 28.6 Å². The number of rotatable bonds is 9. The number of ketones is 1. The number of fused-ring (bicyclic) bond motifs is 1. The average Bonchev–Trinajstić information content (AvgIpc) is 3.02. The molecule has 2 unspecified atom stereocenters. The molecular weight excluding hydrogens is 552 g/mol. The molecule has 0 fully saturated rings. The zero-order valence-electron chi connectivity index (χ0n) is 26.0. The molecule has 0 heterocycles. The van der Waals surface area contributed by atoms with Crippen LogP contribution in [-0.2, 0) is 20.5 Å². The third-order valence-corrected chi connectivity index (χ3v) is 7.73. The first-order valence-electron chi connectivity index (χ1n) is 13.6. The summed E-state index contributed by atoms with van der Waals surface area (Å²) in [4.78, 5) is 28.1. The van der Waals surface area contributed by atoms with Crippen molar-refractivity contribution in [2.75, 3.05) is 42.7 Å². The van der Waals surface area contributed by atoms with E-state index in [4.69, 9.17) is 28.4 Å². The van der Waals surface area contributed by atoms with Gasteiger partial charge in [-0.05, 0) is 40.8 Å². The molecule has 0 radical (unpaired) electrons. The van der Waals surface area contributed by atoms with Crippen molar-refractivity contribution in [3.05, 3.63) is 88.0 Å². The lowest BCUT2D eigenvalue weighted by molar-refractivity contribution is -0.136. The van der Waals surface area contributed by atoms with E-state index in [9.17, 15) is 14.7 Å². The molecule has 4 rings (SSSR count). The van der Waals surface area contributed by atoms with Crippen molar-refractivity contribution in [2.45, 2.75) is 37.7 Å². The van der Waals surface area contributed by atoms with Crippen LogP contribution in [0, 0.1) is 0 Å². The van der Waals surface area contributed by atoms with Crippen molar-refractivity contribution in [3.63, 3.8) is 0 Å². The number of benzene rings is 3. The lowest BCUT2D eigenvalue weighted by Gasteiger charge is -2.38. The number of esters is 1. The summed E-state index contributed by atoms with van der Waals surface area (Å²) in [6, 6.07) is 13.9. The Morgan fingerprint density at radius 3 is 1.95 bits per heavy atom. The lowest BCUT2D eigenvalue weighted by atomic mass is 9.68. The van der Waals surface area contributed by atoms with Gasteiger partial charge in [-0.25, -0.2) is 4.79 Å². The van der Waals surface area contributed by atoms with Gasteiger partial charge in [-0.2, -0.15) is 0 Å². The van der Waals surface area contributed by atoms with Crippen LogP contribution in [0.2, 0.25) is 0 Å². The standard InChI is InChI=1S/C34H38O9/c1-33(2,3)22-13-11-10-12-20(22)31(35)34(37)18-21(32(36)43-9)27(19-14-15-24(38-4)25(16-19)39-5)28-23(34)17-26(40-6)29(41-7)30(28)42-8/h10-18,27,37H,1-9H3. The summed E-state index contributed by atoms with van der Waals surface area (Å²) in [5, 5.41) is 12.6. The highest BCUT2D eigenvalue weighted by atomic mass is 16.5. The van der Waals surface area contributed by atoms with E-state index in [2.05, 4.69) is 0 Å². The fourth-order valence-electron chi connectivity index (χ4n) is 5.72. The van der Waals surface area contributed by atoms with Gasteiger partial charge in [0.05, 0.1) is 42.7 Å². The number of ether oxygens (including phenoxy) is 6. The molecule has 1 N–H and O–H groups in total. The minimum absolute atomic E-state index is 0.0248. The van der Waals surface area contributed by atoms with Crippen molar-refractivity contribution >= 4 is 11.8 Å². The van der Waals surface area contributed by atoms with Crippen molar-refractivity contribution in [3.8, 4) is 28.7 Å². The van der Waals surface area contributed by atoms with Crippen molar-refractivity contribution in [1.29, 1.82) is 0 Å². The van der Waals surface area contributed by atoms with E-state index in [1.165, 1.54) is 48.7 Å². The van der Waals surface area contributed by atoms with E-state index in [-0.39, 0.29) is 28.4 Å². The summed E-state index contributed by atoms with van der Waals surface area (Å²) in [6.07, 6.45) is 1.27. The molecule has 43 heavy (non-hydrogen) atoms. The summed E-state index contributed by atoms with van der Waals surface area (Å²) in [7, 11) is 8.61. The van der Waals surface area contributed by atoms with Gasteiger partial charge in [0.1, 0.15) is 0 Å². The number of aliphatic hydroxyl groups is 1. The Kier molecular flexibility index (Phi) is 8.78. The Hall–Kier alpha value is -4.50. The van der Waals surface area contributed by atoms with E-state index in [0.29, 0.717) is 28.2 Å². The van der Waals surface area contributed by atoms with Gasteiger partial charge in [0.2, 0.25) is 11.5 Å². The Morgan fingerprint density at radius 1 is 0.767 bits per heavy atom. The molecule has 3 aromatic rings. The fraction of sp³-hybridized carbons (Fsp3) is 0.353. The van der Waals surface area contributed by atoms with E-state index in [1.54, 1.807) is 36.4 Å². The van der Waals surface area contributed by atoms with E-state index < -0.39 is 28.7 Å². The number of hydrogen-bond donors (Lipinski definition) is 1. The quantitative estimate of drug-likeness (QED) is 0.261. The van der Waals surface area contributed by atoms with Crippen LogP contribution in [0.3, 0.4) is 0 Å². The van der Waals surface area contributed by atoms with Gasteiger partial charge < -0.3 is 33.5 Å². The second-order valence-electron chi connectivity index (χ2n) is 11.1. The molecule has 0 saturated carbocycles. The number of methoxy groups -OCH3 is 6. The van der Waals surface area contributed by atoms with Gasteiger partial charge in [0.25, 0.3) is 0 Å². The summed E-state index contributed by atoms with van der Waals surface area (Å²) in [5.74, 6) is -0.695. The summed E-state index contributed by atoms with van der Waals surface area (Å²) >= 11 is 0. The van der Waals surface area contributed by atoms with Crippen molar-refractivity contribution < 1.29 is 43.1 Å². The molecule has 9 heteroatoms. The van der Waals surface area contributed by atoms with Crippen LogP contribution in [-0.4, -0.2) is 59.5 Å². The van der Waals surface area contributed by atoms with Crippen LogP contribution in [0.25, 0.3) is 0 Å². The molecule has 0 amide bonds. The Balaban J connectivity index is 2.17. The molecule has 0 aromatic heterocycles. The third-order valence-electron chi connectivity index (χ3n) is 7.73. The second-order valence-corrected chi connectivity index (χ2v) is 11.1. The molecule has 0 bridgehead atoms. The normalized spacial score (nSPS) is 17.7.